The quantitative estimate of drug-likeness (QED) is 0.860. The van der Waals surface area contributed by atoms with Crippen LogP contribution in [-0.4, -0.2) is 31.3 Å². The summed E-state index contributed by atoms with van der Waals surface area (Å²) in [6, 6.07) is 3.98. The third kappa shape index (κ3) is 2.58. The van der Waals surface area contributed by atoms with Crippen molar-refractivity contribution in [2.75, 3.05) is 25.1 Å². The zero-order valence-corrected chi connectivity index (χ0v) is 10.6. The van der Waals surface area contributed by atoms with Crippen molar-refractivity contribution < 1.29 is 4.74 Å². The van der Waals surface area contributed by atoms with Crippen LogP contribution in [0.15, 0.2) is 18.3 Å². The first-order chi connectivity index (χ1) is 8.26. The van der Waals surface area contributed by atoms with Crippen molar-refractivity contribution in [2.24, 2.45) is 11.7 Å². The molecule has 1 aromatic heterocycles. The number of nitrogens with zero attached hydrogens (tertiary/aromatic N) is 2. The Hall–Kier alpha value is -1.13. The number of hydrogen-bond donors (Lipinski definition) is 1. The molecule has 1 saturated heterocycles. The lowest BCUT2D eigenvalue weighted by Crippen LogP contribution is -2.44. The average molecular weight is 235 g/mol. The molecule has 1 aliphatic rings. The lowest BCUT2D eigenvalue weighted by atomic mass is 9.95. The fourth-order valence-electron chi connectivity index (χ4n) is 2.41. The lowest BCUT2D eigenvalue weighted by Gasteiger charge is -2.37. The fourth-order valence-corrected chi connectivity index (χ4v) is 2.41. The van der Waals surface area contributed by atoms with Crippen molar-refractivity contribution in [3.05, 3.63) is 23.9 Å². The van der Waals surface area contributed by atoms with E-state index in [1.54, 1.807) is 7.11 Å². The highest BCUT2D eigenvalue weighted by Gasteiger charge is 2.27. The van der Waals surface area contributed by atoms with Gasteiger partial charge in [-0.2, -0.15) is 0 Å². The molecule has 1 aromatic rings. The largest absolute Gasteiger partial charge is 0.379 e. The van der Waals surface area contributed by atoms with E-state index in [1.165, 1.54) is 0 Å². The van der Waals surface area contributed by atoms with E-state index in [2.05, 4.69) is 16.8 Å². The Morgan fingerprint density at radius 2 is 2.41 bits per heavy atom. The third-order valence-corrected chi connectivity index (χ3v) is 3.58. The molecule has 0 radical (unpaired) electrons. The molecule has 0 aromatic carbocycles. The molecule has 17 heavy (non-hydrogen) atoms. The van der Waals surface area contributed by atoms with Crippen molar-refractivity contribution in [2.45, 2.75) is 26.0 Å². The van der Waals surface area contributed by atoms with Gasteiger partial charge in [-0.1, -0.05) is 13.0 Å². The summed E-state index contributed by atoms with van der Waals surface area (Å²) in [5.74, 6) is 1.63. The van der Waals surface area contributed by atoms with Crippen LogP contribution in [0.1, 0.15) is 18.9 Å². The van der Waals surface area contributed by atoms with Crippen molar-refractivity contribution in [3.8, 4) is 0 Å². The van der Waals surface area contributed by atoms with E-state index in [-0.39, 0.29) is 6.10 Å². The predicted molar refractivity (Wildman–Crippen MR) is 68.9 cm³/mol. The first-order valence-electron chi connectivity index (χ1n) is 6.18. The smallest absolute Gasteiger partial charge is 0.133 e. The van der Waals surface area contributed by atoms with Crippen LogP contribution in [0.4, 0.5) is 5.82 Å². The molecule has 0 aliphatic carbocycles. The average Bonchev–Trinajstić information content (AvgIpc) is 2.39. The molecule has 2 unspecified atom stereocenters. The van der Waals surface area contributed by atoms with Crippen LogP contribution >= 0.6 is 0 Å². The summed E-state index contributed by atoms with van der Waals surface area (Å²) < 4.78 is 5.53. The van der Waals surface area contributed by atoms with Crippen LogP contribution in [-0.2, 0) is 11.3 Å². The Morgan fingerprint density at radius 1 is 1.59 bits per heavy atom. The van der Waals surface area contributed by atoms with Crippen molar-refractivity contribution >= 4 is 5.82 Å². The van der Waals surface area contributed by atoms with Crippen LogP contribution in [0.2, 0.25) is 0 Å². The first kappa shape index (κ1) is 12.3. The number of anilines is 1. The van der Waals surface area contributed by atoms with Gasteiger partial charge in [-0.15, -0.1) is 0 Å². The van der Waals surface area contributed by atoms with E-state index in [0.29, 0.717) is 12.5 Å². The molecule has 0 spiro atoms. The van der Waals surface area contributed by atoms with E-state index in [0.717, 1.165) is 30.9 Å². The molecule has 2 rings (SSSR count). The number of pyridine rings is 1. The Balaban J connectivity index is 2.17. The van der Waals surface area contributed by atoms with Gasteiger partial charge in [0.05, 0.1) is 6.10 Å². The lowest BCUT2D eigenvalue weighted by molar-refractivity contribution is 0.0496. The number of ether oxygens (including phenoxy) is 1. The van der Waals surface area contributed by atoms with Crippen LogP contribution in [0.3, 0.4) is 0 Å². The number of rotatable bonds is 3. The maximum atomic E-state index is 5.75. The van der Waals surface area contributed by atoms with Crippen molar-refractivity contribution in [3.63, 3.8) is 0 Å². The Morgan fingerprint density at radius 3 is 3.12 bits per heavy atom. The molecule has 2 heterocycles. The summed E-state index contributed by atoms with van der Waals surface area (Å²) in [6.07, 6.45) is 3.25. The number of piperidine rings is 1. The van der Waals surface area contributed by atoms with Gasteiger partial charge < -0.3 is 15.4 Å². The zero-order chi connectivity index (χ0) is 12.3. The monoisotopic (exact) mass is 235 g/mol. The van der Waals surface area contributed by atoms with E-state index < -0.39 is 0 Å². The van der Waals surface area contributed by atoms with Gasteiger partial charge >= 0.3 is 0 Å². The first-order valence-corrected chi connectivity index (χ1v) is 6.18. The van der Waals surface area contributed by atoms with Crippen LogP contribution < -0.4 is 10.6 Å². The number of nitrogens with two attached hydrogens (primary N) is 1. The number of hydrogen-bond acceptors (Lipinski definition) is 4. The van der Waals surface area contributed by atoms with Crippen LogP contribution in [0.25, 0.3) is 0 Å². The minimum absolute atomic E-state index is 0.288. The molecule has 1 fully saturated rings. The maximum absolute atomic E-state index is 5.75. The minimum Gasteiger partial charge on any atom is -0.379 e. The summed E-state index contributed by atoms with van der Waals surface area (Å²) in [5, 5.41) is 0. The molecule has 2 N–H and O–H groups in total. The molecule has 94 valence electrons. The van der Waals surface area contributed by atoms with Gasteiger partial charge in [0.1, 0.15) is 5.82 Å². The highest BCUT2D eigenvalue weighted by atomic mass is 16.5. The fraction of sp³-hybridized carbons (Fsp3) is 0.615. The topological polar surface area (TPSA) is 51.4 Å². The predicted octanol–water partition coefficient (Wildman–Crippen LogP) is 1.40. The standard InChI is InChI=1S/C13H21N3O/c1-10-5-7-16(9-12(10)17-2)13-11(8-14)4-3-6-15-13/h3-4,6,10,12H,5,7-9,14H2,1-2H3. The second kappa shape index (κ2) is 5.47. The van der Waals surface area contributed by atoms with Gasteiger partial charge in [0.2, 0.25) is 0 Å². The molecule has 0 saturated carbocycles. The van der Waals surface area contributed by atoms with Gasteiger partial charge in [-0.05, 0) is 18.4 Å². The normalized spacial score (nSPS) is 25.0. The van der Waals surface area contributed by atoms with Gasteiger partial charge in [0.15, 0.2) is 0 Å². The Bertz CT molecular complexity index is 369. The van der Waals surface area contributed by atoms with Gasteiger partial charge in [-0.3, -0.25) is 0 Å². The Labute approximate surface area is 103 Å². The van der Waals surface area contributed by atoms with E-state index in [4.69, 9.17) is 10.5 Å². The maximum Gasteiger partial charge on any atom is 0.133 e. The highest BCUT2D eigenvalue weighted by molar-refractivity contribution is 5.47. The van der Waals surface area contributed by atoms with Gasteiger partial charge in [-0.25, -0.2) is 4.98 Å². The SMILES string of the molecule is COC1CN(c2ncccc2CN)CCC1C. The summed E-state index contributed by atoms with van der Waals surface area (Å²) in [6.45, 7) is 4.72. The molecular formula is C13H21N3O. The van der Waals surface area contributed by atoms with E-state index >= 15 is 0 Å². The molecule has 2 atom stereocenters. The highest BCUT2D eigenvalue weighted by Crippen LogP contribution is 2.25. The second-order valence-electron chi connectivity index (χ2n) is 4.68. The summed E-state index contributed by atoms with van der Waals surface area (Å²) in [7, 11) is 1.78. The molecular weight excluding hydrogens is 214 g/mol. The van der Waals surface area contributed by atoms with Crippen molar-refractivity contribution in [1.82, 2.24) is 4.98 Å². The van der Waals surface area contributed by atoms with Gasteiger partial charge in [0, 0.05) is 38.5 Å². The summed E-state index contributed by atoms with van der Waals surface area (Å²) in [5.41, 5.74) is 6.86. The van der Waals surface area contributed by atoms with E-state index in [9.17, 15) is 0 Å². The van der Waals surface area contributed by atoms with Crippen LogP contribution in [0, 0.1) is 5.92 Å². The minimum atomic E-state index is 0.288. The molecule has 4 nitrogen and oxygen atoms in total. The third-order valence-electron chi connectivity index (χ3n) is 3.58. The number of methoxy groups -OCH3 is 1. The molecule has 4 heteroatoms. The Kier molecular flexibility index (Phi) is 3.97. The van der Waals surface area contributed by atoms with Gasteiger partial charge in [0.25, 0.3) is 0 Å². The van der Waals surface area contributed by atoms with E-state index in [1.807, 2.05) is 18.3 Å². The number of aromatic nitrogens is 1. The molecule has 1 aliphatic heterocycles. The van der Waals surface area contributed by atoms with Crippen LogP contribution in [0.5, 0.6) is 0 Å². The zero-order valence-electron chi connectivity index (χ0n) is 10.6. The molecule has 0 bridgehead atoms. The summed E-state index contributed by atoms with van der Waals surface area (Å²) >= 11 is 0. The summed E-state index contributed by atoms with van der Waals surface area (Å²) in [4.78, 5) is 6.75. The van der Waals surface area contributed by atoms with Crippen molar-refractivity contribution in [1.29, 1.82) is 0 Å². The second-order valence-corrected chi connectivity index (χ2v) is 4.68. The molecule has 0 amide bonds.